The standard InChI is InChI=1S/C28H23FN4O/c1-19-23-10-7-11-24(29)27(23)32-33(19)18-20-14-16-21(17-15-20)28(34)31-26-13-6-5-12-25(26)30-22-8-3-2-4-9-22/h2-17,30H,18H2,1H3,(H,31,34). The fourth-order valence-corrected chi connectivity index (χ4v) is 3.90. The number of fused-ring (bicyclic) bond motifs is 1. The topological polar surface area (TPSA) is 59.0 Å². The van der Waals surface area contributed by atoms with Crippen molar-refractivity contribution in [3.05, 3.63) is 120 Å². The Balaban J connectivity index is 1.31. The first kappa shape index (κ1) is 21.4. The Labute approximate surface area is 196 Å². The molecule has 1 aromatic heterocycles. The van der Waals surface area contributed by atoms with E-state index in [4.69, 9.17) is 0 Å². The third-order valence-corrected chi connectivity index (χ3v) is 5.76. The predicted octanol–water partition coefficient (Wildman–Crippen LogP) is 6.53. The molecule has 0 atom stereocenters. The lowest BCUT2D eigenvalue weighted by Gasteiger charge is -2.13. The minimum absolute atomic E-state index is 0.197. The highest BCUT2D eigenvalue weighted by molar-refractivity contribution is 6.06. The fourth-order valence-electron chi connectivity index (χ4n) is 3.90. The van der Waals surface area contributed by atoms with Crippen LogP contribution in [0.2, 0.25) is 0 Å². The van der Waals surface area contributed by atoms with Gasteiger partial charge in [-0.3, -0.25) is 9.48 Å². The molecule has 6 heteroatoms. The summed E-state index contributed by atoms with van der Waals surface area (Å²) in [5.41, 5.74) is 5.24. The number of aromatic nitrogens is 2. The van der Waals surface area contributed by atoms with E-state index in [-0.39, 0.29) is 11.7 Å². The van der Waals surface area contributed by atoms with E-state index in [2.05, 4.69) is 15.7 Å². The summed E-state index contributed by atoms with van der Waals surface area (Å²) in [6, 6.07) is 29.7. The van der Waals surface area contributed by atoms with Crippen molar-refractivity contribution >= 4 is 33.9 Å². The van der Waals surface area contributed by atoms with E-state index in [9.17, 15) is 9.18 Å². The Morgan fingerprint density at radius 1 is 0.853 bits per heavy atom. The minimum atomic E-state index is -0.326. The van der Waals surface area contributed by atoms with Gasteiger partial charge >= 0.3 is 0 Å². The number of rotatable bonds is 6. The summed E-state index contributed by atoms with van der Waals surface area (Å²) in [6.07, 6.45) is 0. The summed E-state index contributed by atoms with van der Waals surface area (Å²) in [5.74, 6) is -0.523. The molecular weight excluding hydrogens is 427 g/mol. The lowest BCUT2D eigenvalue weighted by Crippen LogP contribution is -2.13. The maximum absolute atomic E-state index is 14.1. The van der Waals surface area contributed by atoms with E-state index in [1.54, 1.807) is 22.9 Å². The van der Waals surface area contributed by atoms with E-state index in [0.717, 1.165) is 28.0 Å². The van der Waals surface area contributed by atoms with Crippen LogP contribution in [0.4, 0.5) is 21.5 Å². The van der Waals surface area contributed by atoms with Crippen molar-refractivity contribution in [1.29, 1.82) is 0 Å². The second-order valence-electron chi connectivity index (χ2n) is 8.07. The summed E-state index contributed by atoms with van der Waals surface area (Å²) in [6.45, 7) is 2.42. The van der Waals surface area contributed by atoms with Crippen LogP contribution in [0.15, 0.2) is 97.1 Å². The van der Waals surface area contributed by atoms with Gasteiger partial charge in [0.25, 0.3) is 5.91 Å². The van der Waals surface area contributed by atoms with Crippen molar-refractivity contribution in [2.45, 2.75) is 13.5 Å². The van der Waals surface area contributed by atoms with Gasteiger partial charge in [-0.25, -0.2) is 4.39 Å². The number of anilines is 3. The van der Waals surface area contributed by atoms with E-state index >= 15 is 0 Å². The third kappa shape index (κ3) is 4.38. The van der Waals surface area contributed by atoms with Crippen LogP contribution in [-0.2, 0) is 6.54 Å². The number of carbonyl (C=O) groups is 1. The number of aryl methyl sites for hydroxylation is 1. The van der Waals surface area contributed by atoms with Crippen LogP contribution >= 0.6 is 0 Å². The molecular formula is C28H23FN4O. The predicted molar refractivity (Wildman–Crippen MR) is 134 cm³/mol. The molecule has 0 bridgehead atoms. The van der Waals surface area contributed by atoms with Gasteiger partial charge in [0.2, 0.25) is 0 Å². The van der Waals surface area contributed by atoms with Crippen LogP contribution in [-0.4, -0.2) is 15.7 Å². The van der Waals surface area contributed by atoms with Crippen LogP contribution < -0.4 is 10.6 Å². The third-order valence-electron chi connectivity index (χ3n) is 5.76. The number of nitrogens with zero attached hydrogens (tertiary/aromatic N) is 2. The second kappa shape index (κ2) is 9.19. The highest BCUT2D eigenvalue weighted by Gasteiger charge is 2.12. The molecule has 0 spiro atoms. The Morgan fingerprint density at radius 3 is 2.29 bits per heavy atom. The lowest BCUT2D eigenvalue weighted by molar-refractivity contribution is 0.102. The summed E-state index contributed by atoms with van der Waals surface area (Å²) < 4.78 is 15.9. The molecule has 0 radical (unpaired) electrons. The molecule has 0 unspecified atom stereocenters. The van der Waals surface area contributed by atoms with Gasteiger partial charge < -0.3 is 10.6 Å². The number of halogens is 1. The van der Waals surface area contributed by atoms with Crippen LogP contribution in [0.5, 0.6) is 0 Å². The van der Waals surface area contributed by atoms with Gasteiger partial charge in [-0.05, 0) is 55.0 Å². The zero-order valence-electron chi connectivity index (χ0n) is 18.6. The van der Waals surface area contributed by atoms with E-state index in [1.807, 2.05) is 79.7 Å². The van der Waals surface area contributed by atoms with Crippen LogP contribution in [0.3, 0.4) is 0 Å². The SMILES string of the molecule is Cc1c2cccc(F)c2nn1Cc1ccc(C(=O)Nc2ccccc2Nc2ccccc2)cc1. The number of carbonyl (C=O) groups excluding carboxylic acids is 1. The van der Waals surface area contributed by atoms with Crippen molar-refractivity contribution in [3.63, 3.8) is 0 Å². The second-order valence-corrected chi connectivity index (χ2v) is 8.07. The normalized spacial score (nSPS) is 10.9. The molecule has 0 aliphatic carbocycles. The first-order chi connectivity index (χ1) is 16.6. The Hall–Kier alpha value is -4.45. The van der Waals surface area contributed by atoms with Crippen molar-refractivity contribution in [3.8, 4) is 0 Å². The maximum atomic E-state index is 14.1. The molecule has 5 rings (SSSR count). The number of nitrogens with one attached hydrogen (secondary N) is 2. The molecule has 0 saturated carbocycles. The van der Waals surface area contributed by atoms with Crippen LogP contribution in [0.1, 0.15) is 21.6 Å². The fraction of sp³-hybridized carbons (Fsp3) is 0.0714. The molecule has 168 valence electrons. The van der Waals surface area contributed by atoms with Crippen LogP contribution in [0, 0.1) is 12.7 Å². The average Bonchev–Trinajstić information content (AvgIpc) is 3.18. The first-order valence-corrected chi connectivity index (χ1v) is 11.0. The summed E-state index contributed by atoms with van der Waals surface area (Å²) in [4.78, 5) is 12.9. The van der Waals surface area contributed by atoms with Gasteiger partial charge in [-0.1, -0.05) is 54.6 Å². The molecule has 0 fully saturated rings. The zero-order valence-corrected chi connectivity index (χ0v) is 18.6. The summed E-state index contributed by atoms with van der Waals surface area (Å²) >= 11 is 0. The monoisotopic (exact) mass is 450 g/mol. The molecule has 0 aliphatic rings. The van der Waals surface area contributed by atoms with Crippen molar-refractivity contribution < 1.29 is 9.18 Å². The highest BCUT2D eigenvalue weighted by Crippen LogP contribution is 2.26. The van der Waals surface area contributed by atoms with Gasteiger partial charge in [0.05, 0.1) is 17.9 Å². The van der Waals surface area contributed by atoms with Crippen LogP contribution in [0.25, 0.3) is 10.9 Å². The van der Waals surface area contributed by atoms with Gasteiger partial charge in [0, 0.05) is 22.3 Å². The number of hydrogen-bond acceptors (Lipinski definition) is 3. The summed E-state index contributed by atoms with van der Waals surface area (Å²) in [7, 11) is 0. The molecule has 5 aromatic rings. The maximum Gasteiger partial charge on any atom is 0.255 e. The Kier molecular flexibility index (Phi) is 5.79. The molecule has 34 heavy (non-hydrogen) atoms. The first-order valence-electron chi connectivity index (χ1n) is 11.0. The van der Waals surface area contributed by atoms with Gasteiger partial charge in [-0.15, -0.1) is 0 Å². The van der Waals surface area contributed by atoms with Gasteiger partial charge in [0.15, 0.2) is 5.82 Å². The van der Waals surface area contributed by atoms with Crippen molar-refractivity contribution in [1.82, 2.24) is 9.78 Å². The zero-order chi connectivity index (χ0) is 23.5. The molecule has 1 amide bonds. The lowest BCUT2D eigenvalue weighted by atomic mass is 10.1. The smallest absolute Gasteiger partial charge is 0.255 e. The number of hydrogen-bond donors (Lipinski definition) is 2. The van der Waals surface area contributed by atoms with Crippen molar-refractivity contribution in [2.24, 2.45) is 0 Å². The van der Waals surface area contributed by atoms with Gasteiger partial charge in [-0.2, -0.15) is 5.10 Å². The number of amides is 1. The molecule has 1 heterocycles. The minimum Gasteiger partial charge on any atom is -0.354 e. The highest BCUT2D eigenvalue weighted by atomic mass is 19.1. The largest absolute Gasteiger partial charge is 0.354 e. The molecule has 0 saturated heterocycles. The molecule has 0 aliphatic heterocycles. The molecule has 4 aromatic carbocycles. The van der Waals surface area contributed by atoms with E-state index in [0.29, 0.717) is 23.3 Å². The van der Waals surface area contributed by atoms with E-state index < -0.39 is 0 Å². The average molecular weight is 451 g/mol. The Morgan fingerprint density at radius 2 is 1.56 bits per heavy atom. The molecule has 5 nitrogen and oxygen atoms in total. The van der Waals surface area contributed by atoms with Crippen molar-refractivity contribution in [2.75, 3.05) is 10.6 Å². The molecule has 2 N–H and O–H groups in total. The Bertz CT molecular complexity index is 1460. The van der Waals surface area contributed by atoms with E-state index in [1.165, 1.54) is 6.07 Å². The van der Waals surface area contributed by atoms with Gasteiger partial charge in [0.1, 0.15) is 5.52 Å². The summed E-state index contributed by atoms with van der Waals surface area (Å²) in [5, 5.41) is 11.5. The number of benzene rings is 4. The quantitative estimate of drug-likeness (QED) is 0.309. The number of para-hydroxylation sites is 3.